The molecule has 132 valence electrons. The highest BCUT2D eigenvalue weighted by molar-refractivity contribution is 6.30. The van der Waals surface area contributed by atoms with Gasteiger partial charge in [0.15, 0.2) is 0 Å². The van der Waals surface area contributed by atoms with Crippen LogP contribution in [0.25, 0.3) is 5.57 Å². The minimum atomic E-state index is -4.63. The Morgan fingerprint density at radius 1 is 1.12 bits per heavy atom. The standard InChI is InChI=1S/C18H15ClF3NO2/c19-14-7-4-8-15(11-14)25-10-9-23-17(24)12-16(18(20,21)22)13-5-2-1-3-6-13/h1-8,11-12H,9-10H2,(H,23,24)/b16-12-. The molecular weight excluding hydrogens is 355 g/mol. The maximum atomic E-state index is 13.1. The number of rotatable bonds is 6. The number of halogens is 4. The van der Waals surface area contributed by atoms with Gasteiger partial charge < -0.3 is 10.1 Å². The van der Waals surface area contributed by atoms with Crippen LogP contribution in [0, 0.1) is 0 Å². The molecule has 2 aromatic carbocycles. The molecule has 7 heteroatoms. The molecule has 2 aromatic rings. The van der Waals surface area contributed by atoms with Gasteiger partial charge in [-0.3, -0.25) is 4.79 Å². The number of allylic oxidation sites excluding steroid dienone is 1. The van der Waals surface area contributed by atoms with Gasteiger partial charge in [0, 0.05) is 11.1 Å². The van der Waals surface area contributed by atoms with Crippen LogP contribution in [0.3, 0.4) is 0 Å². The Bertz CT molecular complexity index is 745. The van der Waals surface area contributed by atoms with E-state index in [1.54, 1.807) is 30.3 Å². The molecule has 0 aliphatic carbocycles. The zero-order chi connectivity index (χ0) is 18.3. The Balaban J connectivity index is 1.93. The number of nitrogens with one attached hydrogen (secondary N) is 1. The first-order chi connectivity index (χ1) is 11.9. The van der Waals surface area contributed by atoms with E-state index in [2.05, 4.69) is 5.32 Å². The maximum Gasteiger partial charge on any atom is 0.417 e. The lowest BCUT2D eigenvalue weighted by Crippen LogP contribution is -2.27. The lowest BCUT2D eigenvalue weighted by Gasteiger charge is -2.12. The summed E-state index contributed by atoms with van der Waals surface area (Å²) in [4.78, 5) is 11.8. The van der Waals surface area contributed by atoms with Crippen LogP contribution in [0.15, 0.2) is 60.7 Å². The number of carbonyl (C=O) groups excluding carboxylic acids is 1. The fraction of sp³-hybridized carbons (Fsp3) is 0.167. The topological polar surface area (TPSA) is 38.3 Å². The summed E-state index contributed by atoms with van der Waals surface area (Å²) in [7, 11) is 0. The zero-order valence-corrected chi connectivity index (χ0v) is 13.8. The van der Waals surface area contributed by atoms with Gasteiger partial charge in [-0.2, -0.15) is 13.2 Å². The number of benzene rings is 2. The van der Waals surface area contributed by atoms with Crippen molar-refractivity contribution in [2.75, 3.05) is 13.2 Å². The van der Waals surface area contributed by atoms with Crippen molar-refractivity contribution >= 4 is 23.1 Å². The summed E-state index contributed by atoms with van der Waals surface area (Å²) in [6.45, 7) is 0.161. The van der Waals surface area contributed by atoms with Crippen molar-refractivity contribution in [2.45, 2.75) is 6.18 Å². The van der Waals surface area contributed by atoms with Gasteiger partial charge in [-0.1, -0.05) is 48.0 Å². The van der Waals surface area contributed by atoms with Crippen LogP contribution in [0.5, 0.6) is 5.75 Å². The van der Waals surface area contributed by atoms with Crippen LogP contribution >= 0.6 is 11.6 Å². The van der Waals surface area contributed by atoms with Crippen molar-refractivity contribution in [3.05, 3.63) is 71.3 Å². The predicted molar refractivity (Wildman–Crippen MR) is 90.4 cm³/mol. The lowest BCUT2D eigenvalue weighted by atomic mass is 10.1. The fourth-order valence-corrected chi connectivity index (χ4v) is 2.21. The Labute approximate surface area is 148 Å². The Morgan fingerprint density at radius 3 is 2.48 bits per heavy atom. The molecule has 2 rings (SSSR count). The predicted octanol–water partition coefficient (Wildman–Crippen LogP) is 4.48. The molecule has 0 heterocycles. The van der Waals surface area contributed by atoms with Gasteiger partial charge in [-0.25, -0.2) is 0 Å². The molecular formula is C18H15ClF3NO2. The van der Waals surface area contributed by atoms with Crippen molar-refractivity contribution in [3.8, 4) is 5.75 Å². The van der Waals surface area contributed by atoms with Crippen LogP contribution in [0.4, 0.5) is 13.2 Å². The molecule has 0 aliphatic rings. The van der Waals surface area contributed by atoms with Crippen molar-refractivity contribution < 1.29 is 22.7 Å². The third-order valence-corrected chi connectivity index (χ3v) is 3.37. The second kappa shape index (κ2) is 8.58. The van der Waals surface area contributed by atoms with Gasteiger partial charge in [0.25, 0.3) is 0 Å². The molecule has 0 spiro atoms. The smallest absolute Gasteiger partial charge is 0.417 e. The maximum absolute atomic E-state index is 13.1. The highest BCUT2D eigenvalue weighted by Crippen LogP contribution is 2.33. The normalized spacial score (nSPS) is 11.9. The van der Waals surface area contributed by atoms with E-state index in [4.69, 9.17) is 16.3 Å². The van der Waals surface area contributed by atoms with Gasteiger partial charge in [-0.05, 0) is 23.8 Å². The molecule has 1 N–H and O–H groups in total. The molecule has 0 bridgehead atoms. The van der Waals surface area contributed by atoms with E-state index in [1.165, 1.54) is 24.3 Å². The summed E-state index contributed by atoms with van der Waals surface area (Å²) >= 11 is 5.80. The fourth-order valence-electron chi connectivity index (χ4n) is 2.03. The molecule has 0 aliphatic heterocycles. The summed E-state index contributed by atoms with van der Waals surface area (Å²) < 4.78 is 44.7. The Kier molecular flexibility index (Phi) is 6.47. The van der Waals surface area contributed by atoms with E-state index in [9.17, 15) is 18.0 Å². The molecule has 0 aromatic heterocycles. The first kappa shape index (κ1) is 18.9. The minimum Gasteiger partial charge on any atom is -0.492 e. The van der Waals surface area contributed by atoms with Crippen molar-refractivity contribution in [2.24, 2.45) is 0 Å². The highest BCUT2D eigenvalue weighted by Gasteiger charge is 2.35. The van der Waals surface area contributed by atoms with E-state index in [0.29, 0.717) is 16.8 Å². The summed E-state index contributed by atoms with van der Waals surface area (Å²) in [6, 6.07) is 13.8. The molecule has 0 unspecified atom stereocenters. The van der Waals surface area contributed by atoms with E-state index in [0.717, 1.165) is 0 Å². The number of carbonyl (C=O) groups is 1. The average Bonchev–Trinajstić information content (AvgIpc) is 2.56. The zero-order valence-electron chi connectivity index (χ0n) is 13.0. The molecule has 3 nitrogen and oxygen atoms in total. The van der Waals surface area contributed by atoms with Gasteiger partial charge in [0.2, 0.25) is 5.91 Å². The minimum absolute atomic E-state index is 0.0573. The molecule has 0 fully saturated rings. The van der Waals surface area contributed by atoms with Gasteiger partial charge in [0.1, 0.15) is 12.4 Å². The SMILES string of the molecule is O=C(/C=C(/c1ccccc1)C(F)(F)F)NCCOc1cccc(Cl)c1. The summed E-state index contributed by atoms with van der Waals surface area (Å²) in [5.41, 5.74) is -1.07. The van der Waals surface area contributed by atoms with Crippen LogP contribution < -0.4 is 10.1 Å². The van der Waals surface area contributed by atoms with Crippen molar-refractivity contribution in [3.63, 3.8) is 0 Å². The Morgan fingerprint density at radius 2 is 1.84 bits per heavy atom. The number of ether oxygens (including phenoxy) is 1. The van der Waals surface area contributed by atoms with Crippen molar-refractivity contribution in [1.29, 1.82) is 0 Å². The van der Waals surface area contributed by atoms with E-state index < -0.39 is 17.7 Å². The van der Waals surface area contributed by atoms with Gasteiger partial charge in [-0.15, -0.1) is 0 Å². The number of hydrogen-bond donors (Lipinski definition) is 1. The molecule has 25 heavy (non-hydrogen) atoms. The molecule has 0 atom stereocenters. The highest BCUT2D eigenvalue weighted by atomic mass is 35.5. The molecule has 0 radical (unpaired) electrons. The monoisotopic (exact) mass is 369 g/mol. The summed E-state index contributed by atoms with van der Waals surface area (Å²) in [5, 5.41) is 2.87. The van der Waals surface area contributed by atoms with Crippen LogP contribution in [0.2, 0.25) is 5.02 Å². The lowest BCUT2D eigenvalue weighted by molar-refractivity contribution is -0.117. The van der Waals surface area contributed by atoms with Crippen LogP contribution in [-0.2, 0) is 4.79 Å². The molecule has 0 saturated carbocycles. The van der Waals surface area contributed by atoms with Gasteiger partial charge >= 0.3 is 6.18 Å². The first-order valence-corrected chi connectivity index (χ1v) is 7.74. The first-order valence-electron chi connectivity index (χ1n) is 7.37. The molecule has 1 amide bonds. The summed E-state index contributed by atoms with van der Waals surface area (Å²) in [6.07, 6.45) is -4.08. The van der Waals surface area contributed by atoms with E-state index >= 15 is 0 Å². The van der Waals surface area contributed by atoms with E-state index in [-0.39, 0.29) is 18.7 Å². The summed E-state index contributed by atoms with van der Waals surface area (Å²) in [5.74, 6) is -0.330. The van der Waals surface area contributed by atoms with Crippen LogP contribution in [0.1, 0.15) is 5.56 Å². The number of hydrogen-bond acceptors (Lipinski definition) is 2. The number of alkyl halides is 3. The quantitative estimate of drug-likeness (QED) is 0.602. The third kappa shape index (κ3) is 6.15. The van der Waals surface area contributed by atoms with Crippen molar-refractivity contribution in [1.82, 2.24) is 5.32 Å². The number of amides is 1. The second-order valence-electron chi connectivity index (χ2n) is 5.02. The second-order valence-corrected chi connectivity index (χ2v) is 5.46. The van der Waals surface area contributed by atoms with E-state index in [1.807, 2.05) is 0 Å². The Hall–Kier alpha value is -2.47. The van der Waals surface area contributed by atoms with Gasteiger partial charge in [0.05, 0.1) is 12.1 Å². The van der Waals surface area contributed by atoms with Crippen LogP contribution in [-0.4, -0.2) is 25.2 Å². The third-order valence-electron chi connectivity index (χ3n) is 3.13. The molecule has 0 saturated heterocycles. The largest absolute Gasteiger partial charge is 0.492 e. The average molecular weight is 370 g/mol.